The van der Waals surface area contributed by atoms with Crippen molar-refractivity contribution in [3.63, 3.8) is 0 Å². The van der Waals surface area contributed by atoms with E-state index in [-0.39, 0.29) is 24.3 Å². The van der Waals surface area contributed by atoms with E-state index in [2.05, 4.69) is 5.32 Å². The molecule has 29 heavy (non-hydrogen) atoms. The molecule has 1 aromatic heterocycles. The fourth-order valence-corrected chi connectivity index (χ4v) is 4.67. The van der Waals surface area contributed by atoms with Gasteiger partial charge in [-0.3, -0.25) is 19.1 Å². The molecule has 1 atom stereocenters. The molecule has 0 saturated heterocycles. The second-order valence-corrected chi connectivity index (χ2v) is 8.05. The predicted octanol–water partition coefficient (Wildman–Crippen LogP) is 4.20. The van der Waals surface area contributed by atoms with E-state index in [0.29, 0.717) is 5.95 Å². The second-order valence-electron chi connectivity index (χ2n) is 8.05. The van der Waals surface area contributed by atoms with E-state index >= 15 is 0 Å². The van der Waals surface area contributed by atoms with Crippen LogP contribution in [0.15, 0.2) is 48.5 Å². The molecule has 6 heteroatoms. The minimum atomic E-state index is -0.553. The average molecular weight is 388 g/mol. The average Bonchev–Trinajstić information content (AvgIpc) is 3.39. The summed E-state index contributed by atoms with van der Waals surface area (Å²) in [7, 11) is 0. The van der Waals surface area contributed by atoms with Crippen LogP contribution in [0.25, 0.3) is 11.0 Å². The minimum absolute atomic E-state index is 0.00968. The van der Waals surface area contributed by atoms with Gasteiger partial charge >= 0.3 is 0 Å². The highest BCUT2D eigenvalue weighted by atomic mass is 16.2. The third-order valence-corrected chi connectivity index (χ3v) is 6.00. The van der Waals surface area contributed by atoms with Gasteiger partial charge in [0.2, 0.25) is 11.9 Å². The summed E-state index contributed by atoms with van der Waals surface area (Å²) in [6, 6.07) is 15.2. The first-order valence-corrected chi connectivity index (χ1v) is 10.3. The summed E-state index contributed by atoms with van der Waals surface area (Å²) >= 11 is 0. The molecule has 1 aliphatic carbocycles. The van der Waals surface area contributed by atoms with Crippen molar-refractivity contribution in [1.29, 1.82) is 0 Å². The van der Waals surface area contributed by atoms with Gasteiger partial charge in [0.15, 0.2) is 0 Å². The number of para-hydroxylation sites is 2. The van der Waals surface area contributed by atoms with Crippen molar-refractivity contribution in [3.8, 4) is 0 Å². The number of anilines is 2. The topological polar surface area (TPSA) is 67.2 Å². The van der Waals surface area contributed by atoms with Gasteiger partial charge in [-0.05, 0) is 49.6 Å². The van der Waals surface area contributed by atoms with Crippen molar-refractivity contribution in [1.82, 2.24) is 9.55 Å². The molecule has 0 bridgehead atoms. The number of aromatic nitrogens is 2. The summed E-state index contributed by atoms with van der Waals surface area (Å²) in [5.74, 6) is 0.520. The molecule has 0 radical (unpaired) electrons. The number of carbonyl (C=O) groups excluding carboxylic acids is 2. The molecule has 6 nitrogen and oxygen atoms in total. The number of fused-ring (bicyclic) bond motifs is 3. The third kappa shape index (κ3) is 3.09. The fourth-order valence-electron chi connectivity index (χ4n) is 4.67. The lowest BCUT2D eigenvalue weighted by atomic mass is 10.1. The maximum absolute atomic E-state index is 13.4. The van der Waals surface area contributed by atoms with E-state index in [0.717, 1.165) is 48.0 Å². The lowest BCUT2D eigenvalue weighted by Crippen LogP contribution is -2.38. The summed E-state index contributed by atoms with van der Waals surface area (Å²) in [5, 5.41) is 2.94. The SMILES string of the molecule is Cc1cccc(NC(=O)CC2C(=O)N(C3CCCC3)c3nc4ccccc4n32)c1. The largest absolute Gasteiger partial charge is 0.326 e. The molecule has 2 amide bonds. The van der Waals surface area contributed by atoms with Crippen molar-refractivity contribution in [2.24, 2.45) is 0 Å². The van der Waals surface area contributed by atoms with E-state index in [1.165, 1.54) is 0 Å². The van der Waals surface area contributed by atoms with Crippen LogP contribution in [0.3, 0.4) is 0 Å². The van der Waals surface area contributed by atoms with Crippen LogP contribution in [0, 0.1) is 6.92 Å². The molecule has 2 aliphatic rings. The molecule has 1 unspecified atom stereocenters. The number of benzene rings is 2. The van der Waals surface area contributed by atoms with E-state index in [1.54, 1.807) is 0 Å². The summed E-state index contributed by atoms with van der Waals surface area (Å²) in [5.41, 5.74) is 3.60. The molecular weight excluding hydrogens is 364 g/mol. The van der Waals surface area contributed by atoms with Gasteiger partial charge in [0.1, 0.15) is 6.04 Å². The number of aryl methyl sites for hydroxylation is 1. The Bertz CT molecular complexity index is 1100. The first-order chi connectivity index (χ1) is 14.1. The summed E-state index contributed by atoms with van der Waals surface area (Å²) < 4.78 is 1.96. The van der Waals surface area contributed by atoms with E-state index in [9.17, 15) is 9.59 Å². The minimum Gasteiger partial charge on any atom is -0.326 e. The lowest BCUT2D eigenvalue weighted by molar-refractivity contribution is -0.125. The second kappa shape index (κ2) is 7.03. The van der Waals surface area contributed by atoms with Crippen LogP contribution >= 0.6 is 0 Å². The van der Waals surface area contributed by atoms with Gasteiger partial charge in [-0.15, -0.1) is 0 Å². The van der Waals surface area contributed by atoms with Crippen LogP contribution in [0.5, 0.6) is 0 Å². The van der Waals surface area contributed by atoms with Gasteiger partial charge in [-0.2, -0.15) is 0 Å². The molecule has 2 heterocycles. The number of imidazole rings is 1. The van der Waals surface area contributed by atoms with Crippen molar-refractivity contribution >= 4 is 34.5 Å². The number of hydrogen-bond donors (Lipinski definition) is 1. The smallest absolute Gasteiger partial charge is 0.253 e. The van der Waals surface area contributed by atoms with Crippen LogP contribution in [-0.4, -0.2) is 27.4 Å². The van der Waals surface area contributed by atoms with Gasteiger partial charge in [-0.25, -0.2) is 4.98 Å². The third-order valence-electron chi connectivity index (χ3n) is 6.00. The van der Waals surface area contributed by atoms with Crippen molar-refractivity contribution < 1.29 is 9.59 Å². The Balaban J connectivity index is 1.48. The molecule has 2 aromatic carbocycles. The van der Waals surface area contributed by atoms with E-state index < -0.39 is 6.04 Å². The first kappa shape index (κ1) is 17.9. The zero-order chi connectivity index (χ0) is 20.0. The first-order valence-electron chi connectivity index (χ1n) is 10.3. The number of carbonyl (C=O) groups is 2. The maximum atomic E-state index is 13.4. The highest BCUT2D eigenvalue weighted by Crippen LogP contribution is 2.40. The molecule has 1 N–H and O–H groups in total. The molecule has 1 fully saturated rings. The van der Waals surface area contributed by atoms with Crippen LogP contribution < -0.4 is 10.2 Å². The molecule has 5 rings (SSSR count). The number of hydrogen-bond acceptors (Lipinski definition) is 3. The molecule has 1 saturated carbocycles. The van der Waals surface area contributed by atoms with E-state index in [4.69, 9.17) is 4.98 Å². The Hall–Kier alpha value is -3.15. The van der Waals surface area contributed by atoms with Crippen LogP contribution in [-0.2, 0) is 9.59 Å². The number of amides is 2. The summed E-state index contributed by atoms with van der Waals surface area (Å²) in [4.78, 5) is 32.8. The number of nitrogens with zero attached hydrogens (tertiary/aromatic N) is 3. The highest BCUT2D eigenvalue weighted by molar-refractivity contribution is 6.05. The van der Waals surface area contributed by atoms with Gasteiger partial charge in [0.25, 0.3) is 5.91 Å². The molecule has 3 aromatic rings. The zero-order valence-corrected chi connectivity index (χ0v) is 16.5. The van der Waals surface area contributed by atoms with Crippen molar-refractivity contribution in [2.75, 3.05) is 10.2 Å². The Morgan fingerprint density at radius 3 is 2.72 bits per heavy atom. The maximum Gasteiger partial charge on any atom is 0.253 e. The highest BCUT2D eigenvalue weighted by Gasteiger charge is 2.44. The van der Waals surface area contributed by atoms with E-state index in [1.807, 2.05) is 64.9 Å². The fraction of sp³-hybridized carbons (Fsp3) is 0.348. The Morgan fingerprint density at radius 1 is 1.14 bits per heavy atom. The quantitative estimate of drug-likeness (QED) is 0.728. The predicted molar refractivity (Wildman–Crippen MR) is 113 cm³/mol. The monoisotopic (exact) mass is 388 g/mol. The van der Waals surface area contributed by atoms with Crippen LogP contribution in [0.4, 0.5) is 11.6 Å². The number of rotatable bonds is 4. The van der Waals surface area contributed by atoms with Gasteiger partial charge in [0, 0.05) is 11.7 Å². The van der Waals surface area contributed by atoms with Gasteiger partial charge in [0.05, 0.1) is 17.5 Å². The summed E-state index contributed by atoms with van der Waals surface area (Å²) in [6.45, 7) is 1.99. The Labute approximate surface area is 169 Å². The zero-order valence-electron chi connectivity index (χ0n) is 16.5. The Kier molecular flexibility index (Phi) is 4.34. The lowest BCUT2D eigenvalue weighted by Gasteiger charge is -2.22. The summed E-state index contributed by atoms with van der Waals surface area (Å²) in [6.07, 6.45) is 4.36. The van der Waals surface area contributed by atoms with Gasteiger partial charge < -0.3 is 5.32 Å². The normalized spacial score (nSPS) is 19.1. The number of nitrogens with one attached hydrogen (secondary N) is 1. The molecule has 148 valence electrons. The molecule has 0 spiro atoms. The molecular formula is C23H24N4O2. The van der Waals surface area contributed by atoms with Crippen molar-refractivity contribution in [2.45, 2.75) is 51.1 Å². The van der Waals surface area contributed by atoms with Crippen LogP contribution in [0.2, 0.25) is 0 Å². The van der Waals surface area contributed by atoms with Crippen molar-refractivity contribution in [3.05, 3.63) is 54.1 Å². The standard InChI is InChI=1S/C23H24N4O2/c1-15-7-6-8-16(13-15)24-21(28)14-20-22(29)26(17-9-2-3-10-17)23-25-18-11-4-5-12-19(18)27(20)23/h4-8,11-13,17,20H,2-3,9-10,14H2,1H3,(H,24,28). The molecule has 1 aliphatic heterocycles. The van der Waals surface area contributed by atoms with Crippen LogP contribution in [0.1, 0.15) is 43.7 Å². The van der Waals surface area contributed by atoms with Gasteiger partial charge in [-0.1, -0.05) is 37.1 Å². The Morgan fingerprint density at radius 2 is 1.93 bits per heavy atom.